The third-order valence-electron chi connectivity index (χ3n) is 2.81. The summed E-state index contributed by atoms with van der Waals surface area (Å²) in [6.07, 6.45) is 0.789. The van der Waals surface area contributed by atoms with Gasteiger partial charge < -0.3 is 11.1 Å². The van der Waals surface area contributed by atoms with Crippen molar-refractivity contribution in [1.29, 1.82) is 0 Å². The van der Waals surface area contributed by atoms with E-state index in [1.807, 2.05) is 31.6 Å². The van der Waals surface area contributed by atoms with Crippen molar-refractivity contribution in [2.45, 2.75) is 26.3 Å². The van der Waals surface area contributed by atoms with E-state index in [4.69, 9.17) is 5.73 Å². The van der Waals surface area contributed by atoms with Crippen LogP contribution in [0.4, 0.5) is 0 Å². The Morgan fingerprint density at radius 3 is 2.89 bits per heavy atom. The number of fused-ring (bicyclic) bond motifs is 1. The van der Waals surface area contributed by atoms with Crippen LogP contribution in [0.15, 0.2) is 6.07 Å². The maximum Gasteiger partial charge on any atom is 0.261 e. The molecule has 106 valence electrons. The molecule has 5 nitrogen and oxygen atoms in total. The summed E-state index contributed by atoms with van der Waals surface area (Å²) in [6.45, 7) is 4.50. The van der Waals surface area contributed by atoms with Crippen LogP contribution in [-0.2, 0) is 7.05 Å². The second kappa shape index (κ2) is 6.36. The van der Waals surface area contributed by atoms with Crippen molar-refractivity contribution < 1.29 is 4.79 Å². The smallest absolute Gasteiger partial charge is 0.261 e. The topological polar surface area (TPSA) is 72.9 Å². The molecular weight excluding hydrogens is 284 g/mol. The fraction of sp³-hybridized carbons (Fsp3) is 0.500. The highest BCUT2D eigenvalue weighted by Crippen LogP contribution is 2.27. The van der Waals surface area contributed by atoms with Gasteiger partial charge in [0.25, 0.3) is 5.91 Å². The highest BCUT2D eigenvalue weighted by Gasteiger charge is 2.14. The lowest BCUT2D eigenvalue weighted by Crippen LogP contribution is -2.28. The molecule has 2 rings (SSSR count). The van der Waals surface area contributed by atoms with E-state index in [9.17, 15) is 4.79 Å². The Labute approximate surface area is 122 Å². The molecule has 3 N–H and O–H groups in total. The van der Waals surface area contributed by atoms with Crippen LogP contribution in [0.5, 0.6) is 0 Å². The molecule has 2 aromatic rings. The highest BCUT2D eigenvalue weighted by atomic mass is 35.5. The zero-order valence-electron chi connectivity index (χ0n) is 11.3. The standard InChI is InChI=1S/C12H18N4OS.ClH/c1-7(13)4-5-14-11(17)10-6-9-8(2)15-16(3)12(9)18-10;/h6-7H,4-5,13H2,1-3H3,(H,14,17);1H. The molecule has 1 unspecified atom stereocenters. The number of nitrogens with one attached hydrogen (secondary N) is 1. The molecule has 0 bridgehead atoms. The summed E-state index contributed by atoms with van der Waals surface area (Å²) in [4.78, 5) is 13.7. The number of aromatic nitrogens is 2. The van der Waals surface area contributed by atoms with E-state index in [2.05, 4.69) is 10.4 Å². The molecule has 0 saturated carbocycles. The zero-order valence-corrected chi connectivity index (χ0v) is 12.9. The molecule has 2 heterocycles. The SMILES string of the molecule is Cc1nn(C)c2sc(C(=O)NCCC(C)N)cc12.Cl. The molecule has 7 heteroatoms. The van der Waals surface area contributed by atoms with Crippen molar-refractivity contribution in [3.8, 4) is 0 Å². The molecule has 19 heavy (non-hydrogen) atoms. The summed E-state index contributed by atoms with van der Waals surface area (Å²) >= 11 is 1.47. The predicted molar refractivity (Wildman–Crippen MR) is 81.2 cm³/mol. The molecule has 0 aliphatic rings. The van der Waals surface area contributed by atoms with E-state index >= 15 is 0 Å². The normalized spacial score (nSPS) is 12.2. The molecule has 0 radical (unpaired) electrons. The van der Waals surface area contributed by atoms with Gasteiger partial charge in [-0.05, 0) is 26.3 Å². The Morgan fingerprint density at radius 1 is 1.63 bits per heavy atom. The van der Waals surface area contributed by atoms with Gasteiger partial charge in [0.05, 0.1) is 10.6 Å². The number of carbonyl (C=O) groups excluding carboxylic acids is 1. The first-order valence-electron chi connectivity index (χ1n) is 5.96. The highest BCUT2D eigenvalue weighted by molar-refractivity contribution is 7.20. The number of hydrogen-bond acceptors (Lipinski definition) is 4. The van der Waals surface area contributed by atoms with E-state index in [0.29, 0.717) is 6.54 Å². The fourth-order valence-corrected chi connectivity index (χ4v) is 2.86. The largest absolute Gasteiger partial charge is 0.351 e. The number of nitrogens with two attached hydrogens (primary N) is 1. The first-order valence-corrected chi connectivity index (χ1v) is 6.77. The molecular formula is C12H19ClN4OS. The molecule has 0 aliphatic carbocycles. The summed E-state index contributed by atoms with van der Waals surface area (Å²) in [7, 11) is 1.89. The molecule has 0 aromatic carbocycles. The van der Waals surface area contributed by atoms with Crippen LogP contribution in [0.1, 0.15) is 28.7 Å². The van der Waals surface area contributed by atoms with Gasteiger partial charge in [-0.25, -0.2) is 0 Å². The lowest BCUT2D eigenvalue weighted by atomic mass is 10.2. The lowest BCUT2D eigenvalue weighted by Gasteiger charge is -2.05. The van der Waals surface area contributed by atoms with Gasteiger partial charge in [0, 0.05) is 25.0 Å². The van der Waals surface area contributed by atoms with Gasteiger partial charge >= 0.3 is 0 Å². The molecule has 0 aliphatic heterocycles. The summed E-state index contributed by atoms with van der Waals surface area (Å²) < 4.78 is 1.81. The first kappa shape index (κ1) is 15.9. The van der Waals surface area contributed by atoms with Crippen LogP contribution in [-0.4, -0.2) is 28.3 Å². The minimum absolute atomic E-state index is 0. The number of nitrogens with zero attached hydrogens (tertiary/aromatic N) is 2. The molecule has 0 saturated heterocycles. The number of thiophene rings is 1. The number of hydrogen-bond donors (Lipinski definition) is 2. The lowest BCUT2D eigenvalue weighted by molar-refractivity contribution is 0.0957. The van der Waals surface area contributed by atoms with Gasteiger partial charge in [-0.1, -0.05) is 0 Å². The van der Waals surface area contributed by atoms with Gasteiger partial charge in [-0.2, -0.15) is 5.10 Å². The number of halogens is 1. The van der Waals surface area contributed by atoms with Crippen LogP contribution in [0.3, 0.4) is 0 Å². The van der Waals surface area contributed by atoms with E-state index in [0.717, 1.165) is 27.2 Å². The van der Waals surface area contributed by atoms with Crippen LogP contribution < -0.4 is 11.1 Å². The Balaban J connectivity index is 0.00000180. The van der Waals surface area contributed by atoms with Crippen LogP contribution in [0.2, 0.25) is 0 Å². The number of carbonyl (C=O) groups is 1. The summed E-state index contributed by atoms with van der Waals surface area (Å²) in [5.74, 6) is -0.0312. The minimum Gasteiger partial charge on any atom is -0.351 e. The Morgan fingerprint density at radius 2 is 2.32 bits per heavy atom. The summed E-state index contributed by atoms with van der Waals surface area (Å²) in [6, 6.07) is 2.02. The molecule has 2 aromatic heterocycles. The Bertz CT molecular complexity index is 541. The van der Waals surface area contributed by atoms with Crippen molar-refractivity contribution in [3.05, 3.63) is 16.6 Å². The van der Waals surface area contributed by atoms with Gasteiger partial charge in [0.15, 0.2) is 0 Å². The Kier molecular flexibility index (Phi) is 5.34. The van der Waals surface area contributed by atoms with Gasteiger partial charge in [0.1, 0.15) is 4.83 Å². The van der Waals surface area contributed by atoms with E-state index in [1.165, 1.54) is 11.3 Å². The zero-order chi connectivity index (χ0) is 13.3. The predicted octanol–water partition coefficient (Wildman–Crippen LogP) is 1.83. The van der Waals surface area contributed by atoms with E-state index < -0.39 is 0 Å². The maximum atomic E-state index is 11.9. The van der Waals surface area contributed by atoms with Crippen LogP contribution in [0.25, 0.3) is 10.2 Å². The van der Waals surface area contributed by atoms with Crippen molar-refractivity contribution in [3.63, 3.8) is 0 Å². The van der Waals surface area contributed by atoms with E-state index in [1.54, 1.807) is 0 Å². The van der Waals surface area contributed by atoms with Crippen molar-refractivity contribution in [1.82, 2.24) is 15.1 Å². The van der Waals surface area contributed by atoms with Crippen LogP contribution >= 0.6 is 23.7 Å². The average Bonchev–Trinajstić information content (AvgIpc) is 2.81. The number of amides is 1. The molecule has 1 atom stereocenters. The monoisotopic (exact) mass is 302 g/mol. The Hall–Kier alpha value is -1.11. The second-order valence-electron chi connectivity index (χ2n) is 4.56. The summed E-state index contributed by atoms with van der Waals surface area (Å²) in [5.41, 5.74) is 6.60. The van der Waals surface area contributed by atoms with Gasteiger partial charge in [-0.15, -0.1) is 23.7 Å². The summed E-state index contributed by atoms with van der Waals surface area (Å²) in [5, 5.41) is 8.25. The quantitative estimate of drug-likeness (QED) is 0.905. The number of rotatable bonds is 4. The molecule has 0 fully saturated rings. The third-order valence-corrected chi connectivity index (χ3v) is 4.01. The van der Waals surface area contributed by atoms with Crippen molar-refractivity contribution in [2.24, 2.45) is 12.8 Å². The first-order chi connectivity index (χ1) is 8.49. The molecule has 0 spiro atoms. The number of aryl methyl sites for hydroxylation is 2. The minimum atomic E-state index is -0.0312. The molecule has 1 amide bonds. The van der Waals surface area contributed by atoms with Crippen molar-refractivity contribution in [2.75, 3.05) is 6.54 Å². The third kappa shape index (κ3) is 3.46. The second-order valence-corrected chi connectivity index (χ2v) is 5.59. The fourth-order valence-electron chi connectivity index (χ4n) is 1.82. The average molecular weight is 303 g/mol. The maximum absolute atomic E-state index is 11.9. The van der Waals surface area contributed by atoms with E-state index in [-0.39, 0.29) is 24.4 Å². The van der Waals surface area contributed by atoms with Crippen LogP contribution in [0, 0.1) is 6.92 Å². The van der Waals surface area contributed by atoms with Gasteiger partial charge in [-0.3, -0.25) is 9.48 Å². The van der Waals surface area contributed by atoms with Gasteiger partial charge in [0.2, 0.25) is 0 Å². The van der Waals surface area contributed by atoms with Crippen molar-refractivity contribution >= 4 is 39.9 Å².